The predicted molar refractivity (Wildman–Crippen MR) is 73.4 cm³/mol. The minimum absolute atomic E-state index is 0.0248. The first-order chi connectivity index (χ1) is 8.59. The largest absolute Gasteiger partial charge is 0.396 e. The van der Waals surface area contributed by atoms with Gasteiger partial charge in [0.1, 0.15) is 0 Å². The molecule has 1 amide bonds. The van der Waals surface area contributed by atoms with Gasteiger partial charge in [-0.15, -0.1) is 0 Å². The molecule has 18 heavy (non-hydrogen) atoms. The minimum Gasteiger partial charge on any atom is -0.396 e. The van der Waals surface area contributed by atoms with E-state index in [-0.39, 0.29) is 24.1 Å². The Labute approximate surface area is 111 Å². The number of amides is 1. The zero-order valence-electron chi connectivity index (χ0n) is 12.0. The molecular weight excluding hydrogens is 228 g/mol. The molecule has 1 aliphatic heterocycles. The lowest BCUT2D eigenvalue weighted by Gasteiger charge is -2.45. The summed E-state index contributed by atoms with van der Waals surface area (Å²) in [6, 6.07) is -0.0248. The molecule has 4 nitrogen and oxygen atoms in total. The van der Waals surface area contributed by atoms with E-state index in [9.17, 15) is 9.90 Å². The van der Waals surface area contributed by atoms with Crippen LogP contribution in [0, 0.1) is 0 Å². The van der Waals surface area contributed by atoms with E-state index in [2.05, 4.69) is 26.1 Å². The van der Waals surface area contributed by atoms with Crippen LogP contribution in [0.5, 0.6) is 0 Å². The SMILES string of the molecule is CCCNC1CCCN(C(C)(CC)CCO)C1=O. The molecule has 2 N–H and O–H groups in total. The number of carbonyl (C=O) groups excluding carboxylic acids is 1. The van der Waals surface area contributed by atoms with E-state index in [1.165, 1.54) is 0 Å². The van der Waals surface area contributed by atoms with Crippen LogP contribution in [0.3, 0.4) is 0 Å². The predicted octanol–water partition coefficient (Wildman–Crippen LogP) is 1.53. The molecule has 0 bridgehead atoms. The third-order valence-electron chi connectivity index (χ3n) is 4.14. The average molecular weight is 256 g/mol. The number of hydrogen-bond acceptors (Lipinski definition) is 3. The highest BCUT2D eigenvalue weighted by molar-refractivity contribution is 5.83. The molecule has 0 aromatic heterocycles. The van der Waals surface area contributed by atoms with Crippen LogP contribution in [0.1, 0.15) is 52.9 Å². The molecule has 2 atom stereocenters. The quantitative estimate of drug-likeness (QED) is 0.726. The van der Waals surface area contributed by atoms with Crippen molar-refractivity contribution in [2.24, 2.45) is 0 Å². The Kier molecular flexibility index (Phi) is 6.09. The van der Waals surface area contributed by atoms with Gasteiger partial charge in [0.2, 0.25) is 5.91 Å². The fourth-order valence-corrected chi connectivity index (χ4v) is 2.66. The van der Waals surface area contributed by atoms with Crippen molar-refractivity contribution in [2.75, 3.05) is 19.7 Å². The molecule has 4 heteroatoms. The summed E-state index contributed by atoms with van der Waals surface area (Å²) in [4.78, 5) is 14.5. The van der Waals surface area contributed by atoms with Crippen molar-refractivity contribution in [3.8, 4) is 0 Å². The van der Waals surface area contributed by atoms with Gasteiger partial charge in [0, 0.05) is 18.7 Å². The second-order valence-corrected chi connectivity index (χ2v) is 5.46. The number of piperidine rings is 1. The van der Waals surface area contributed by atoms with Gasteiger partial charge in [-0.2, -0.15) is 0 Å². The minimum atomic E-state index is -0.196. The Balaban J connectivity index is 2.72. The molecule has 1 heterocycles. The monoisotopic (exact) mass is 256 g/mol. The summed E-state index contributed by atoms with van der Waals surface area (Å²) in [5.41, 5.74) is -0.196. The summed E-state index contributed by atoms with van der Waals surface area (Å²) in [7, 11) is 0. The normalized spacial score (nSPS) is 24.1. The molecule has 1 aliphatic rings. The Bertz CT molecular complexity index is 271. The first-order valence-corrected chi connectivity index (χ1v) is 7.24. The van der Waals surface area contributed by atoms with E-state index in [0.717, 1.165) is 38.8 Å². The van der Waals surface area contributed by atoms with Crippen LogP contribution >= 0.6 is 0 Å². The highest BCUT2D eigenvalue weighted by Crippen LogP contribution is 2.27. The molecule has 1 saturated heterocycles. The summed E-state index contributed by atoms with van der Waals surface area (Å²) in [5, 5.41) is 12.5. The number of nitrogens with zero attached hydrogens (tertiary/aromatic N) is 1. The third-order valence-corrected chi connectivity index (χ3v) is 4.14. The van der Waals surface area contributed by atoms with Crippen LogP contribution in [0.15, 0.2) is 0 Å². The van der Waals surface area contributed by atoms with Gasteiger partial charge >= 0.3 is 0 Å². The van der Waals surface area contributed by atoms with E-state index in [4.69, 9.17) is 0 Å². The van der Waals surface area contributed by atoms with Crippen molar-refractivity contribution in [1.29, 1.82) is 0 Å². The fourth-order valence-electron chi connectivity index (χ4n) is 2.66. The standard InChI is InChI=1S/C14H28N2O2/c1-4-9-15-12-7-6-10-16(13(12)18)14(3,5-2)8-11-17/h12,15,17H,4-11H2,1-3H3. The van der Waals surface area contributed by atoms with Gasteiger partial charge in [-0.25, -0.2) is 0 Å². The molecule has 0 aliphatic carbocycles. The van der Waals surface area contributed by atoms with Crippen molar-refractivity contribution < 1.29 is 9.90 Å². The van der Waals surface area contributed by atoms with Crippen LogP contribution in [0.25, 0.3) is 0 Å². The number of carbonyl (C=O) groups is 1. The van der Waals surface area contributed by atoms with Crippen molar-refractivity contribution in [2.45, 2.75) is 64.5 Å². The maximum absolute atomic E-state index is 12.5. The molecule has 1 fully saturated rings. The molecular formula is C14H28N2O2. The highest BCUT2D eigenvalue weighted by atomic mass is 16.3. The molecule has 0 saturated carbocycles. The molecule has 0 radical (unpaired) electrons. The molecule has 0 aromatic carbocycles. The molecule has 0 spiro atoms. The Morgan fingerprint density at radius 1 is 1.50 bits per heavy atom. The van der Waals surface area contributed by atoms with E-state index < -0.39 is 0 Å². The number of aliphatic hydroxyl groups is 1. The van der Waals surface area contributed by atoms with Crippen molar-refractivity contribution in [1.82, 2.24) is 10.2 Å². The van der Waals surface area contributed by atoms with Gasteiger partial charge in [-0.05, 0) is 45.6 Å². The topological polar surface area (TPSA) is 52.6 Å². The van der Waals surface area contributed by atoms with Crippen molar-refractivity contribution >= 4 is 5.91 Å². The number of likely N-dealkylation sites (tertiary alicyclic amines) is 1. The third kappa shape index (κ3) is 3.45. The maximum Gasteiger partial charge on any atom is 0.240 e. The Morgan fingerprint density at radius 2 is 2.22 bits per heavy atom. The zero-order chi connectivity index (χ0) is 13.6. The van der Waals surface area contributed by atoms with Gasteiger partial charge in [0.15, 0.2) is 0 Å². The van der Waals surface area contributed by atoms with E-state index in [0.29, 0.717) is 6.42 Å². The average Bonchev–Trinajstić information content (AvgIpc) is 2.37. The van der Waals surface area contributed by atoms with Crippen molar-refractivity contribution in [3.05, 3.63) is 0 Å². The van der Waals surface area contributed by atoms with E-state index in [1.807, 2.05) is 4.90 Å². The Hall–Kier alpha value is -0.610. The van der Waals surface area contributed by atoms with Gasteiger partial charge in [-0.3, -0.25) is 4.79 Å². The summed E-state index contributed by atoms with van der Waals surface area (Å²) in [6.45, 7) is 8.15. The second-order valence-electron chi connectivity index (χ2n) is 5.46. The number of hydrogen-bond donors (Lipinski definition) is 2. The van der Waals surface area contributed by atoms with E-state index >= 15 is 0 Å². The Morgan fingerprint density at radius 3 is 2.78 bits per heavy atom. The summed E-state index contributed by atoms with van der Waals surface area (Å²) in [6.07, 6.45) is 4.59. The van der Waals surface area contributed by atoms with Crippen LogP contribution in [0.4, 0.5) is 0 Å². The highest BCUT2D eigenvalue weighted by Gasteiger charge is 2.38. The number of rotatable bonds is 7. The molecule has 106 valence electrons. The van der Waals surface area contributed by atoms with E-state index in [1.54, 1.807) is 0 Å². The van der Waals surface area contributed by atoms with Crippen LogP contribution in [0.2, 0.25) is 0 Å². The summed E-state index contributed by atoms with van der Waals surface area (Å²) in [5.74, 6) is 0.215. The molecule has 2 unspecified atom stereocenters. The molecule has 0 aromatic rings. The smallest absolute Gasteiger partial charge is 0.240 e. The number of nitrogens with one attached hydrogen (secondary N) is 1. The van der Waals surface area contributed by atoms with Gasteiger partial charge in [0.05, 0.1) is 6.04 Å². The lowest BCUT2D eigenvalue weighted by Crippen LogP contribution is -2.59. The van der Waals surface area contributed by atoms with Gasteiger partial charge in [0.25, 0.3) is 0 Å². The van der Waals surface area contributed by atoms with Crippen LogP contribution < -0.4 is 5.32 Å². The van der Waals surface area contributed by atoms with Crippen LogP contribution in [-0.2, 0) is 4.79 Å². The summed E-state index contributed by atoms with van der Waals surface area (Å²) < 4.78 is 0. The zero-order valence-corrected chi connectivity index (χ0v) is 12.0. The number of aliphatic hydroxyl groups excluding tert-OH is 1. The van der Waals surface area contributed by atoms with Gasteiger partial charge in [-0.1, -0.05) is 13.8 Å². The fraction of sp³-hybridized carbons (Fsp3) is 0.929. The summed E-state index contributed by atoms with van der Waals surface area (Å²) >= 11 is 0. The lowest BCUT2D eigenvalue weighted by molar-refractivity contribution is -0.143. The first kappa shape index (κ1) is 15.4. The second kappa shape index (κ2) is 7.10. The lowest BCUT2D eigenvalue weighted by atomic mass is 9.89. The van der Waals surface area contributed by atoms with Crippen LogP contribution in [-0.4, -0.2) is 47.2 Å². The van der Waals surface area contributed by atoms with Gasteiger partial charge < -0.3 is 15.3 Å². The van der Waals surface area contributed by atoms with Crippen molar-refractivity contribution in [3.63, 3.8) is 0 Å². The molecule has 1 rings (SSSR count). The maximum atomic E-state index is 12.5. The first-order valence-electron chi connectivity index (χ1n) is 7.24.